The van der Waals surface area contributed by atoms with Gasteiger partial charge in [0.2, 0.25) is 0 Å². The molecule has 0 spiro atoms. The lowest BCUT2D eigenvalue weighted by molar-refractivity contribution is -0.159. The van der Waals surface area contributed by atoms with Gasteiger partial charge in [-0.2, -0.15) is 13.2 Å². The SMILES string of the molecule is Cn1c(=O)n(C)c2cc(C(=O)NC(CC(C)(C)C)C(F)(F)F)c(Br)cc21. The molecule has 1 unspecified atom stereocenters. The Balaban J connectivity index is 2.44. The van der Waals surface area contributed by atoms with Gasteiger partial charge in [-0.3, -0.25) is 13.9 Å². The van der Waals surface area contributed by atoms with Crippen LogP contribution in [0.4, 0.5) is 13.2 Å². The number of benzene rings is 1. The number of aryl methyl sites for hydroxylation is 2. The van der Waals surface area contributed by atoms with E-state index in [-0.39, 0.29) is 17.7 Å². The number of nitrogens with one attached hydrogen (secondary N) is 1. The van der Waals surface area contributed by atoms with Crippen LogP contribution in [0.3, 0.4) is 0 Å². The molecule has 1 amide bonds. The van der Waals surface area contributed by atoms with Crippen molar-refractivity contribution in [1.29, 1.82) is 0 Å². The molecule has 0 aliphatic heterocycles. The Morgan fingerprint density at radius 3 is 2.12 bits per heavy atom. The molecule has 0 bridgehead atoms. The van der Waals surface area contributed by atoms with Crippen molar-refractivity contribution in [3.05, 3.63) is 32.7 Å². The molecular weight excluding hydrogens is 415 g/mol. The van der Waals surface area contributed by atoms with Gasteiger partial charge in [0.05, 0.1) is 16.6 Å². The molecule has 2 aromatic rings. The molecule has 1 aromatic heterocycles. The van der Waals surface area contributed by atoms with Crippen LogP contribution in [0, 0.1) is 5.41 Å². The maximum Gasteiger partial charge on any atom is 0.408 e. The average Bonchev–Trinajstić information content (AvgIpc) is 2.68. The zero-order valence-corrected chi connectivity index (χ0v) is 16.7. The summed E-state index contributed by atoms with van der Waals surface area (Å²) in [5, 5.41) is 2.09. The molecule has 0 fully saturated rings. The molecule has 1 heterocycles. The molecule has 5 nitrogen and oxygen atoms in total. The third-order valence-electron chi connectivity index (χ3n) is 4.12. The van der Waals surface area contributed by atoms with Gasteiger partial charge in [-0.15, -0.1) is 0 Å². The quantitative estimate of drug-likeness (QED) is 0.798. The number of fused-ring (bicyclic) bond motifs is 1. The Labute approximate surface area is 157 Å². The Morgan fingerprint density at radius 2 is 1.65 bits per heavy atom. The first kappa shape index (κ1) is 20.5. The van der Waals surface area contributed by atoms with E-state index in [0.29, 0.717) is 15.5 Å². The number of amides is 1. The lowest BCUT2D eigenvalue weighted by Crippen LogP contribution is -2.47. The summed E-state index contributed by atoms with van der Waals surface area (Å²) in [6, 6.07) is 1.01. The summed E-state index contributed by atoms with van der Waals surface area (Å²) in [5.41, 5.74) is 0.179. The van der Waals surface area contributed by atoms with Crippen LogP contribution in [0.2, 0.25) is 0 Å². The van der Waals surface area contributed by atoms with Crippen LogP contribution in [-0.4, -0.2) is 27.3 Å². The van der Waals surface area contributed by atoms with Gasteiger partial charge in [-0.25, -0.2) is 4.79 Å². The minimum absolute atomic E-state index is 0.0434. The summed E-state index contributed by atoms with van der Waals surface area (Å²) in [6.07, 6.45) is -4.80. The fourth-order valence-electron chi connectivity index (χ4n) is 2.79. The molecule has 0 aliphatic carbocycles. The van der Waals surface area contributed by atoms with Gasteiger partial charge in [0.25, 0.3) is 5.91 Å². The lowest BCUT2D eigenvalue weighted by atomic mass is 9.87. The second kappa shape index (κ2) is 6.75. The van der Waals surface area contributed by atoms with Crippen LogP contribution in [0.25, 0.3) is 11.0 Å². The van der Waals surface area contributed by atoms with Crippen molar-refractivity contribution in [2.24, 2.45) is 19.5 Å². The van der Waals surface area contributed by atoms with E-state index in [4.69, 9.17) is 0 Å². The normalized spacial score (nSPS) is 13.9. The molecular formula is C17H21BrF3N3O2. The van der Waals surface area contributed by atoms with E-state index in [9.17, 15) is 22.8 Å². The van der Waals surface area contributed by atoms with Crippen molar-refractivity contribution >= 4 is 32.9 Å². The molecule has 1 aromatic carbocycles. The van der Waals surface area contributed by atoms with Crippen LogP contribution >= 0.6 is 15.9 Å². The van der Waals surface area contributed by atoms with Crippen LogP contribution in [0.5, 0.6) is 0 Å². The maximum atomic E-state index is 13.3. The van der Waals surface area contributed by atoms with E-state index in [2.05, 4.69) is 21.2 Å². The smallest absolute Gasteiger partial charge is 0.340 e. The standard InChI is InChI=1S/C17H21BrF3N3O2/c1-16(2,3)8-13(17(19,20)21)22-14(25)9-6-11-12(7-10(9)18)24(5)15(26)23(11)4/h6-7,13H,8H2,1-5H3,(H,22,25). The monoisotopic (exact) mass is 435 g/mol. The summed E-state index contributed by atoms with van der Waals surface area (Å²) < 4.78 is 43.0. The number of hydrogen-bond donors (Lipinski definition) is 1. The number of imidazole rings is 1. The van der Waals surface area contributed by atoms with Crippen molar-refractivity contribution in [3.63, 3.8) is 0 Å². The van der Waals surface area contributed by atoms with Gasteiger partial charge >= 0.3 is 11.9 Å². The summed E-state index contributed by atoms with van der Waals surface area (Å²) in [5.74, 6) is -0.846. The molecule has 26 heavy (non-hydrogen) atoms. The predicted octanol–water partition coefficient (Wildman–Crippen LogP) is 3.74. The topological polar surface area (TPSA) is 56.0 Å². The summed E-state index contributed by atoms with van der Waals surface area (Å²) in [7, 11) is 3.12. The number of alkyl halides is 3. The van der Waals surface area contributed by atoms with Crippen molar-refractivity contribution < 1.29 is 18.0 Å². The van der Waals surface area contributed by atoms with Crippen LogP contribution in [0.1, 0.15) is 37.6 Å². The third kappa shape index (κ3) is 4.13. The first-order valence-electron chi connectivity index (χ1n) is 7.95. The van der Waals surface area contributed by atoms with Crippen LogP contribution in [-0.2, 0) is 14.1 Å². The predicted molar refractivity (Wildman–Crippen MR) is 97.2 cm³/mol. The van der Waals surface area contributed by atoms with Crippen molar-refractivity contribution in [3.8, 4) is 0 Å². The van der Waals surface area contributed by atoms with E-state index < -0.39 is 23.5 Å². The molecule has 1 atom stereocenters. The zero-order chi connectivity index (χ0) is 20.0. The largest absolute Gasteiger partial charge is 0.408 e. The fraction of sp³-hybridized carbons (Fsp3) is 0.529. The van der Waals surface area contributed by atoms with Crippen molar-refractivity contribution in [2.45, 2.75) is 39.4 Å². The van der Waals surface area contributed by atoms with Gasteiger partial charge in [-0.1, -0.05) is 20.8 Å². The molecule has 2 rings (SSSR count). The average molecular weight is 436 g/mol. The maximum absolute atomic E-state index is 13.3. The molecule has 0 saturated carbocycles. The number of nitrogens with zero attached hydrogens (tertiary/aromatic N) is 2. The fourth-order valence-corrected chi connectivity index (χ4v) is 3.30. The number of carbonyl (C=O) groups is 1. The first-order valence-corrected chi connectivity index (χ1v) is 8.74. The highest BCUT2D eigenvalue weighted by Gasteiger charge is 2.42. The van der Waals surface area contributed by atoms with Crippen molar-refractivity contribution in [1.82, 2.24) is 14.5 Å². The second-order valence-electron chi connectivity index (χ2n) is 7.55. The number of rotatable bonds is 3. The Hall–Kier alpha value is -1.77. The number of carbonyl (C=O) groups excluding carboxylic acids is 1. The first-order chi connectivity index (χ1) is 11.7. The van der Waals surface area contributed by atoms with Gasteiger partial charge < -0.3 is 5.32 Å². The van der Waals surface area contributed by atoms with Gasteiger partial charge in [-0.05, 0) is 39.9 Å². The van der Waals surface area contributed by atoms with E-state index >= 15 is 0 Å². The highest BCUT2D eigenvalue weighted by Crippen LogP contribution is 2.31. The van der Waals surface area contributed by atoms with Gasteiger partial charge in [0.1, 0.15) is 6.04 Å². The highest BCUT2D eigenvalue weighted by atomic mass is 79.9. The summed E-state index contributed by atoms with van der Waals surface area (Å²) in [4.78, 5) is 24.5. The van der Waals surface area contributed by atoms with Crippen molar-refractivity contribution in [2.75, 3.05) is 0 Å². The van der Waals surface area contributed by atoms with E-state index in [1.54, 1.807) is 40.9 Å². The lowest BCUT2D eigenvalue weighted by Gasteiger charge is -2.28. The second-order valence-corrected chi connectivity index (χ2v) is 8.41. The Morgan fingerprint density at radius 1 is 1.15 bits per heavy atom. The molecule has 1 N–H and O–H groups in total. The molecule has 0 radical (unpaired) electrons. The Bertz CT molecular complexity index is 907. The summed E-state index contributed by atoms with van der Waals surface area (Å²) >= 11 is 3.22. The number of halogens is 4. The summed E-state index contributed by atoms with van der Waals surface area (Å²) in [6.45, 7) is 5.04. The van der Waals surface area contributed by atoms with Gasteiger partial charge in [0.15, 0.2) is 0 Å². The molecule has 0 saturated heterocycles. The Kier molecular flexibility index (Phi) is 5.34. The zero-order valence-electron chi connectivity index (χ0n) is 15.2. The van der Waals surface area contributed by atoms with Gasteiger partial charge in [0, 0.05) is 18.6 Å². The van der Waals surface area contributed by atoms with E-state index in [0.717, 1.165) is 0 Å². The van der Waals surface area contributed by atoms with Crippen LogP contribution < -0.4 is 11.0 Å². The van der Waals surface area contributed by atoms with E-state index in [1.807, 2.05) is 0 Å². The molecule has 0 aliphatic rings. The number of hydrogen-bond acceptors (Lipinski definition) is 2. The molecule has 144 valence electrons. The minimum Gasteiger partial charge on any atom is -0.340 e. The third-order valence-corrected chi connectivity index (χ3v) is 4.78. The minimum atomic E-state index is -4.56. The number of aromatic nitrogens is 2. The van der Waals surface area contributed by atoms with E-state index in [1.165, 1.54) is 15.2 Å². The highest BCUT2D eigenvalue weighted by molar-refractivity contribution is 9.10. The molecule has 9 heteroatoms. The van der Waals surface area contributed by atoms with Crippen LogP contribution in [0.15, 0.2) is 21.4 Å².